The second-order valence-electron chi connectivity index (χ2n) is 9.20. The van der Waals surface area contributed by atoms with E-state index in [1.54, 1.807) is 25.2 Å². The third-order valence-corrected chi connectivity index (χ3v) is 7.06. The number of carbonyl (C=O) groups excluding carboxylic acids is 2. The lowest BCUT2D eigenvalue weighted by Crippen LogP contribution is -2.46. The Morgan fingerprint density at radius 1 is 0.816 bits per heavy atom. The lowest BCUT2D eigenvalue weighted by Gasteiger charge is -2.42. The van der Waals surface area contributed by atoms with Crippen LogP contribution in [0.15, 0.2) is 97.1 Å². The van der Waals surface area contributed by atoms with E-state index < -0.39 is 12.0 Å². The van der Waals surface area contributed by atoms with Gasteiger partial charge in [-0.2, -0.15) is 0 Å². The van der Waals surface area contributed by atoms with Crippen molar-refractivity contribution in [3.8, 4) is 11.5 Å². The van der Waals surface area contributed by atoms with Crippen LogP contribution in [0.2, 0.25) is 0 Å². The summed E-state index contributed by atoms with van der Waals surface area (Å²) in [7, 11) is 3.21. The molecule has 0 unspecified atom stereocenters. The lowest BCUT2D eigenvalue weighted by atomic mass is 9.78. The molecule has 0 saturated carbocycles. The van der Waals surface area contributed by atoms with Crippen LogP contribution < -0.4 is 19.7 Å². The summed E-state index contributed by atoms with van der Waals surface area (Å²) in [5, 5.41) is 3.11. The van der Waals surface area contributed by atoms with E-state index in [-0.39, 0.29) is 11.8 Å². The quantitative estimate of drug-likeness (QED) is 0.315. The maximum atomic E-state index is 14.1. The molecule has 0 aliphatic carbocycles. The van der Waals surface area contributed by atoms with Gasteiger partial charge in [-0.25, -0.2) is 0 Å². The Morgan fingerprint density at radius 3 is 2.03 bits per heavy atom. The normalized spacial score (nSPS) is 16.5. The molecule has 6 nitrogen and oxygen atoms in total. The van der Waals surface area contributed by atoms with Crippen molar-refractivity contribution in [2.45, 2.75) is 25.3 Å². The number of carbonyl (C=O) groups is 2. The number of hydrogen-bond acceptors (Lipinski definition) is 4. The molecule has 0 fully saturated rings. The van der Waals surface area contributed by atoms with Crippen LogP contribution in [-0.2, 0) is 11.2 Å². The zero-order valence-electron chi connectivity index (χ0n) is 21.7. The van der Waals surface area contributed by atoms with Gasteiger partial charge < -0.3 is 14.8 Å². The van der Waals surface area contributed by atoms with Crippen LogP contribution in [0.3, 0.4) is 0 Å². The lowest BCUT2D eigenvalue weighted by molar-refractivity contribution is -0.118. The number of amides is 2. The van der Waals surface area contributed by atoms with Gasteiger partial charge in [0.05, 0.1) is 26.2 Å². The molecule has 192 valence electrons. The van der Waals surface area contributed by atoms with Crippen LogP contribution >= 0.6 is 0 Å². The summed E-state index contributed by atoms with van der Waals surface area (Å²) < 4.78 is 10.7. The largest absolute Gasteiger partial charge is 0.497 e. The molecule has 2 atom stereocenters. The molecule has 4 aromatic rings. The summed E-state index contributed by atoms with van der Waals surface area (Å²) >= 11 is 0. The van der Waals surface area contributed by atoms with Crippen LogP contribution in [0.4, 0.5) is 11.4 Å². The van der Waals surface area contributed by atoms with E-state index in [1.165, 1.54) is 5.56 Å². The fraction of sp³-hybridized carbons (Fsp3) is 0.188. The van der Waals surface area contributed by atoms with Crippen molar-refractivity contribution >= 4 is 23.2 Å². The molecule has 1 aliphatic rings. The number of nitrogens with zero attached hydrogens (tertiary/aromatic N) is 1. The fourth-order valence-corrected chi connectivity index (χ4v) is 5.03. The van der Waals surface area contributed by atoms with Crippen molar-refractivity contribution in [1.29, 1.82) is 0 Å². The average Bonchev–Trinajstić information content (AvgIpc) is 2.97. The maximum Gasteiger partial charge on any atom is 0.259 e. The minimum absolute atomic E-state index is 0.164. The first-order valence-corrected chi connectivity index (χ1v) is 12.6. The number of anilines is 2. The maximum absolute atomic E-state index is 14.1. The molecule has 6 heteroatoms. The number of fused-ring (bicyclic) bond motifs is 1. The molecule has 0 spiro atoms. The standard InChI is InChI=1S/C32H30N2O4/c1-4-21-9-13-23(14-10-21)33-31(35)29-27-7-5-6-8-28(27)32(36)34(24-15-19-26(38-3)20-16-24)30(29)22-11-17-25(37-2)18-12-22/h5-20,29-30H,4H2,1-3H3,(H,33,35)/t29-,30-/m0/s1. The zero-order valence-corrected chi connectivity index (χ0v) is 21.7. The first-order chi connectivity index (χ1) is 18.5. The Hall–Kier alpha value is -4.58. The molecule has 5 rings (SSSR count). The van der Waals surface area contributed by atoms with Gasteiger partial charge in [0.15, 0.2) is 0 Å². The number of nitrogens with one attached hydrogen (secondary N) is 1. The van der Waals surface area contributed by atoms with Gasteiger partial charge in [-0.3, -0.25) is 14.5 Å². The van der Waals surface area contributed by atoms with Gasteiger partial charge in [0.25, 0.3) is 5.91 Å². The summed E-state index contributed by atoms with van der Waals surface area (Å²) in [5.74, 6) is 0.371. The van der Waals surface area contributed by atoms with Gasteiger partial charge >= 0.3 is 0 Å². The highest BCUT2D eigenvalue weighted by atomic mass is 16.5. The second-order valence-corrected chi connectivity index (χ2v) is 9.20. The topological polar surface area (TPSA) is 67.9 Å². The molecule has 0 aromatic heterocycles. The van der Waals surface area contributed by atoms with Gasteiger partial charge in [-0.1, -0.05) is 49.4 Å². The Labute approximate surface area is 222 Å². The molecular formula is C32H30N2O4. The molecule has 1 heterocycles. The minimum Gasteiger partial charge on any atom is -0.497 e. The first kappa shape index (κ1) is 25.1. The summed E-state index contributed by atoms with van der Waals surface area (Å²) in [6.45, 7) is 2.09. The number of aryl methyl sites for hydroxylation is 1. The smallest absolute Gasteiger partial charge is 0.259 e. The van der Waals surface area contributed by atoms with Crippen molar-refractivity contribution in [3.63, 3.8) is 0 Å². The molecule has 4 aromatic carbocycles. The van der Waals surface area contributed by atoms with Crippen LogP contribution in [-0.4, -0.2) is 26.0 Å². The molecule has 0 saturated heterocycles. The fourth-order valence-electron chi connectivity index (χ4n) is 5.03. The summed E-state index contributed by atoms with van der Waals surface area (Å²) in [4.78, 5) is 29.8. The predicted molar refractivity (Wildman–Crippen MR) is 149 cm³/mol. The van der Waals surface area contributed by atoms with Crippen molar-refractivity contribution in [2.75, 3.05) is 24.4 Å². The molecule has 1 aliphatic heterocycles. The van der Waals surface area contributed by atoms with E-state index in [4.69, 9.17) is 9.47 Å². The highest BCUT2D eigenvalue weighted by Gasteiger charge is 2.45. The summed E-state index contributed by atoms with van der Waals surface area (Å²) in [6, 6.07) is 29.5. The van der Waals surface area contributed by atoms with Crippen molar-refractivity contribution < 1.29 is 19.1 Å². The Bertz CT molecular complexity index is 1430. The number of benzene rings is 4. The minimum atomic E-state index is -0.662. The third-order valence-electron chi connectivity index (χ3n) is 7.06. The van der Waals surface area contributed by atoms with E-state index in [9.17, 15) is 9.59 Å². The second kappa shape index (κ2) is 10.8. The van der Waals surface area contributed by atoms with E-state index >= 15 is 0 Å². The van der Waals surface area contributed by atoms with E-state index in [2.05, 4.69) is 12.2 Å². The molecule has 38 heavy (non-hydrogen) atoms. The number of ether oxygens (including phenoxy) is 2. The third kappa shape index (κ3) is 4.73. The zero-order chi connectivity index (χ0) is 26.6. The van der Waals surface area contributed by atoms with Crippen LogP contribution in [0, 0.1) is 0 Å². The molecule has 2 amide bonds. The van der Waals surface area contributed by atoms with Gasteiger partial charge in [0, 0.05) is 16.9 Å². The van der Waals surface area contributed by atoms with Gasteiger partial charge in [0.2, 0.25) is 5.91 Å². The van der Waals surface area contributed by atoms with Crippen molar-refractivity contribution in [1.82, 2.24) is 0 Å². The van der Waals surface area contributed by atoms with E-state index in [1.807, 2.05) is 91.0 Å². The van der Waals surface area contributed by atoms with Crippen LogP contribution in [0.1, 0.15) is 45.9 Å². The SMILES string of the molecule is CCc1ccc(NC(=O)[C@H]2c3ccccc3C(=O)N(c3ccc(OC)cc3)[C@H]2c2ccc(OC)cc2)cc1. The van der Waals surface area contributed by atoms with Crippen LogP contribution in [0.25, 0.3) is 0 Å². The molecule has 1 N–H and O–H groups in total. The summed E-state index contributed by atoms with van der Waals surface area (Å²) in [6.07, 6.45) is 0.919. The number of methoxy groups -OCH3 is 2. The molecule has 0 bridgehead atoms. The highest BCUT2D eigenvalue weighted by molar-refractivity contribution is 6.12. The van der Waals surface area contributed by atoms with Gasteiger partial charge in [0.1, 0.15) is 11.5 Å². The van der Waals surface area contributed by atoms with E-state index in [0.29, 0.717) is 34.0 Å². The monoisotopic (exact) mass is 506 g/mol. The predicted octanol–water partition coefficient (Wildman–Crippen LogP) is 6.39. The molecular weight excluding hydrogens is 476 g/mol. The summed E-state index contributed by atoms with van der Waals surface area (Å²) in [5.41, 5.74) is 4.62. The Balaban J connectivity index is 1.65. The number of hydrogen-bond donors (Lipinski definition) is 1. The highest BCUT2D eigenvalue weighted by Crippen LogP contribution is 2.46. The van der Waals surface area contributed by atoms with Crippen LogP contribution in [0.5, 0.6) is 11.5 Å². The van der Waals surface area contributed by atoms with Gasteiger partial charge in [-0.15, -0.1) is 0 Å². The number of rotatable bonds is 7. The average molecular weight is 507 g/mol. The van der Waals surface area contributed by atoms with E-state index in [0.717, 1.165) is 12.0 Å². The molecule has 0 radical (unpaired) electrons. The van der Waals surface area contributed by atoms with Crippen molar-refractivity contribution in [3.05, 3.63) is 119 Å². The first-order valence-electron chi connectivity index (χ1n) is 12.6. The van der Waals surface area contributed by atoms with Crippen molar-refractivity contribution in [2.24, 2.45) is 0 Å². The Kier molecular flexibility index (Phi) is 7.13. The van der Waals surface area contributed by atoms with Gasteiger partial charge in [-0.05, 0) is 77.7 Å². The Morgan fingerprint density at radius 2 is 1.42 bits per heavy atom.